The second kappa shape index (κ2) is 5.76. The lowest BCUT2D eigenvalue weighted by molar-refractivity contribution is -0.415. The molecular weight excluding hydrogens is 174 g/mol. The van der Waals surface area contributed by atoms with Crippen molar-refractivity contribution in [3.8, 4) is 0 Å². The Morgan fingerprint density at radius 1 is 1.69 bits per heavy atom. The van der Waals surface area contributed by atoms with Gasteiger partial charge >= 0.3 is 5.70 Å². The largest absolute Gasteiger partial charge is 0.504 e. The van der Waals surface area contributed by atoms with Crippen LogP contribution in [0.5, 0.6) is 0 Å². The summed E-state index contributed by atoms with van der Waals surface area (Å²) in [5.74, 6) is 0. The van der Waals surface area contributed by atoms with E-state index in [1.807, 2.05) is 0 Å². The lowest BCUT2D eigenvalue weighted by atomic mass is 10.3. The zero-order valence-corrected chi connectivity index (χ0v) is 7.40. The van der Waals surface area contributed by atoms with E-state index in [4.69, 9.17) is 5.41 Å². The molecule has 0 saturated heterocycles. The Hall–Kier alpha value is -1.85. The predicted octanol–water partition coefficient (Wildman–Crippen LogP) is 0.504. The summed E-state index contributed by atoms with van der Waals surface area (Å²) in [6.45, 7) is 0. The quantitative estimate of drug-likeness (QED) is 0.282. The van der Waals surface area contributed by atoms with Gasteiger partial charge < -0.3 is 10.1 Å². The monoisotopic (exact) mass is 185 g/mol. The molecule has 0 saturated carbocycles. The van der Waals surface area contributed by atoms with Crippen LogP contribution >= 0.6 is 0 Å². The fourth-order valence-electron chi connectivity index (χ4n) is 0.587. The number of nitrogens with one attached hydrogen (secondary N) is 2. The number of methoxy groups -OCH3 is 1. The van der Waals surface area contributed by atoms with Crippen LogP contribution in [0.4, 0.5) is 0 Å². The Bertz CT molecular complexity index is 258. The van der Waals surface area contributed by atoms with E-state index in [0.29, 0.717) is 0 Å². The fraction of sp³-hybridized carbons (Fsp3) is 0.286. The molecule has 0 fully saturated rings. The van der Waals surface area contributed by atoms with Gasteiger partial charge in [0.15, 0.2) is 0 Å². The first-order valence-corrected chi connectivity index (χ1v) is 3.43. The lowest BCUT2D eigenvalue weighted by Crippen LogP contribution is -2.12. The van der Waals surface area contributed by atoms with Gasteiger partial charge in [0.25, 0.3) is 0 Å². The van der Waals surface area contributed by atoms with E-state index in [9.17, 15) is 10.1 Å². The van der Waals surface area contributed by atoms with E-state index in [1.165, 1.54) is 26.5 Å². The van der Waals surface area contributed by atoms with Crippen molar-refractivity contribution in [2.24, 2.45) is 0 Å². The molecule has 13 heavy (non-hydrogen) atoms. The summed E-state index contributed by atoms with van der Waals surface area (Å²) in [6, 6.07) is 0. The Labute approximate surface area is 75.6 Å². The number of nitro groups is 1. The lowest BCUT2D eigenvalue weighted by Gasteiger charge is -1.95. The molecule has 0 spiro atoms. The highest BCUT2D eigenvalue weighted by Gasteiger charge is 2.14. The molecule has 6 nitrogen and oxygen atoms in total. The van der Waals surface area contributed by atoms with Crippen molar-refractivity contribution in [3.05, 3.63) is 34.3 Å². The van der Waals surface area contributed by atoms with Crippen LogP contribution in [0.2, 0.25) is 0 Å². The van der Waals surface area contributed by atoms with Crippen molar-refractivity contribution < 1.29 is 9.66 Å². The highest BCUT2D eigenvalue weighted by atomic mass is 16.6. The summed E-state index contributed by atoms with van der Waals surface area (Å²) >= 11 is 0. The third-order valence-corrected chi connectivity index (χ3v) is 1.12. The molecule has 0 atom stereocenters. The summed E-state index contributed by atoms with van der Waals surface area (Å²) in [5, 5.41) is 20.1. The maximum absolute atomic E-state index is 10.4. The van der Waals surface area contributed by atoms with Gasteiger partial charge in [-0.15, -0.1) is 0 Å². The molecule has 0 heterocycles. The molecule has 0 aromatic heterocycles. The second-order valence-corrected chi connectivity index (χ2v) is 2.03. The minimum atomic E-state index is -0.640. The Morgan fingerprint density at radius 3 is 2.69 bits per heavy atom. The zero-order chi connectivity index (χ0) is 10.3. The second-order valence-electron chi connectivity index (χ2n) is 2.03. The van der Waals surface area contributed by atoms with E-state index in [2.05, 4.69) is 10.1 Å². The minimum absolute atomic E-state index is 0.221. The molecule has 72 valence electrons. The van der Waals surface area contributed by atoms with E-state index >= 15 is 0 Å². The van der Waals surface area contributed by atoms with Crippen LogP contribution in [-0.4, -0.2) is 24.8 Å². The number of allylic oxidation sites excluding steroid dienone is 1. The van der Waals surface area contributed by atoms with Gasteiger partial charge in [-0.3, -0.25) is 15.5 Å². The average molecular weight is 185 g/mol. The highest BCUT2D eigenvalue weighted by Crippen LogP contribution is 1.97. The zero-order valence-electron chi connectivity index (χ0n) is 7.40. The molecule has 2 N–H and O–H groups in total. The van der Waals surface area contributed by atoms with Crippen LogP contribution in [0.1, 0.15) is 0 Å². The molecule has 0 radical (unpaired) electrons. The molecule has 0 bridgehead atoms. The maximum atomic E-state index is 10.4. The molecule has 6 heteroatoms. The van der Waals surface area contributed by atoms with E-state index in [1.54, 1.807) is 0 Å². The normalized spacial score (nSPS) is 11.4. The van der Waals surface area contributed by atoms with Gasteiger partial charge in [0, 0.05) is 13.1 Å². The molecule has 0 aromatic carbocycles. The summed E-state index contributed by atoms with van der Waals surface area (Å²) in [5.41, 5.74) is -0.531. The van der Waals surface area contributed by atoms with Crippen LogP contribution < -0.4 is 5.32 Å². The van der Waals surface area contributed by atoms with Crippen molar-refractivity contribution in [1.82, 2.24) is 5.32 Å². The van der Waals surface area contributed by atoms with Crippen molar-refractivity contribution in [2.75, 3.05) is 14.2 Å². The first-order valence-electron chi connectivity index (χ1n) is 3.43. The Balaban J connectivity index is 4.57. The summed E-state index contributed by atoms with van der Waals surface area (Å²) in [4.78, 5) is 9.74. The molecule has 0 aromatic rings. The standard InChI is InChI=1S/C7H11N3O3/c1-9-5-7(10(11)12)6(8)3-4-13-2/h3-5,8-9H,1-2H3/b4-3+,7-5+,8-6?. The first-order chi connectivity index (χ1) is 6.13. The van der Waals surface area contributed by atoms with Crippen LogP contribution in [0.25, 0.3) is 0 Å². The van der Waals surface area contributed by atoms with Crippen molar-refractivity contribution >= 4 is 5.71 Å². The first kappa shape index (κ1) is 11.2. The highest BCUT2D eigenvalue weighted by molar-refractivity contribution is 6.04. The molecule has 0 rings (SSSR count). The van der Waals surface area contributed by atoms with Crippen molar-refractivity contribution in [1.29, 1.82) is 5.41 Å². The van der Waals surface area contributed by atoms with Gasteiger partial charge in [-0.25, -0.2) is 0 Å². The molecule has 0 aliphatic carbocycles. The molecular formula is C7H11N3O3. The van der Waals surface area contributed by atoms with Crippen molar-refractivity contribution in [3.63, 3.8) is 0 Å². The van der Waals surface area contributed by atoms with Gasteiger partial charge in [-0.2, -0.15) is 0 Å². The van der Waals surface area contributed by atoms with Crippen LogP contribution in [-0.2, 0) is 4.74 Å². The van der Waals surface area contributed by atoms with Gasteiger partial charge in [0.05, 0.1) is 24.5 Å². The predicted molar refractivity (Wildman–Crippen MR) is 48.0 cm³/mol. The molecule has 0 unspecified atom stereocenters. The van der Waals surface area contributed by atoms with Gasteiger partial charge in [0.2, 0.25) is 0 Å². The van der Waals surface area contributed by atoms with Crippen LogP contribution in [0.15, 0.2) is 24.2 Å². The molecule has 0 aliphatic heterocycles. The number of ether oxygens (including phenoxy) is 1. The number of hydrogen-bond acceptors (Lipinski definition) is 5. The summed E-state index contributed by atoms with van der Waals surface area (Å²) < 4.78 is 4.53. The SMILES string of the molecule is CN/C=C(\C(=N)/C=C/OC)[N+](=O)[O-]. The third-order valence-electron chi connectivity index (χ3n) is 1.12. The third kappa shape index (κ3) is 3.90. The minimum Gasteiger partial charge on any atom is -0.504 e. The molecule has 0 aliphatic rings. The van der Waals surface area contributed by atoms with E-state index in [0.717, 1.165) is 6.20 Å². The van der Waals surface area contributed by atoms with Gasteiger partial charge in [-0.05, 0) is 0 Å². The number of nitrogens with zero attached hydrogens (tertiary/aromatic N) is 1. The Kier molecular flexibility index (Phi) is 4.94. The van der Waals surface area contributed by atoms with E-state index in [-0.39, 0.29) is 11.4 Å². The fourth-order valence-corrected chi connectivity index (χ4v) is 0.587. The summed E-state index contributed by atoms with van der Waals surface area (Å²) in [6.07, 6.45) is 3.55. The smallest absolute Gasteiger partial charge is 0.309 e. The Morgan fingerprint density at radius 2 is 2.31 bits per heavy atom. The van der Waals surface area contributed by atoms with Crippen LogP contribution in [0, 0.1) is 15.5 Å². The molecule has 0 amide bonds. The number of hydrogen-bond donors (Lipinski definition) is 2. The topological polar surface area (TPSA) is 88.2 Å². The van der Waals surface area contributed by atoms with Crippen molar-refractivity contribution in [2.45, 2.75) is 0 Å². The number of rotatable bonds is 5. The van der Waals surface area contributed by atoms with Gasteiger partial charge in [-0.1, -0.05) is 0 Å². The average Bonchev–Trinajstić information content (AvgIpc) is 2.09. The summed E-state index contributed by atoms with van der Waals surface area (Å²) in [7, 11) is 2.92. The van der Waals surface area contributed by atoms with Crippen LogP contribution in [0.3, 0.4) is 0 Å². The maximum Gasteiger partial charge on any atom is 0.309 e. The van der Waals surface area contributed by atoms with Gasteiger partial charge in [0.1, 0.15) is 5.71 Å². The van der Waals surface area contributed by atoms with E-state index < -0.39 is 4.92 Å².